The highest BCUT2D eigenvalue weighted by Crippen LogP contribution is 2.16. The first-order chi connectivity index (χ1) is 12.0. The maximum atomic E-state index is 13.1. The number of ether oxygens (including phenoxy) is 1. The van der Waals surface area contributed by atoms with Gasteiger partial charge in [0.25, 0.3) is 5.43 Å². The lowest BCUT2D eigenvalue weighted by Gasteiger charge is -2.12. The van der Waals surface area contributed by atoms with E-state index in [2.05, 4.69) is 5.10 Å². The van der Waals surface area contributed by atoms with Gasteiger partial charge in [-0.2, -0.15) is 0 Å². The standard InChI is InChI=1S/C18H15FN2O4/c1-2-25-18(24)13-4-3-5-14-15(13)16(22)17(23)20-21(14)10-11-6-8-12(19)9-7-11/h3-9H,2,10H2,1H3,(H,20,23). The van der Waals surface area contributed by atoms with Crippen LogP contribution in [0.3, 0.4) is 0 Å². The second kappa shape index (κ2) is 6.72. The molecule has 0 bridgehead atoms. The summed E-state index contributed by atoms with van der Waals surface area (Å²) >= 11 is 0. The molecule has 0 aliphatic rings. The molecule has 0 amide bonds. The van der Waals surface area contributed by atoms with Gasteiger partial charge in [-0.05, 0) is 36.8 Å². The van der Waals surface area contributed by atoms with Crippen molar-refractivity contribution >= 4 is 16.9 Å². The van der Waals surface area contributed by atoms with Gasteiger partial charge in [-0.15, -0.1) is 0 Å². The van der Waals surface area contributed by atoms with Gasteiger partial charge < -0.3 is 4.74 Å². The number of H-pyrrole nitrogens is 1. The summed E-state index contributed by atoms with van der Waals surface area (Å²) < 4.78 is 19.5. The number of carbonyl (C=O) groups is 1. The fourth-order valence-corrected chi connectivity index (χ4v) is 2.63. The molecule has 0 aliphatic heterocycles. The smallest absolute Gasteiger partial charge is 0.338 e. The Kier molecular flexibility index (Phi) is 4.47. The summed E-state index contributed by atoms with van der Waals surface area (Å²) in [5, 5.41) is 2.49. The zero-order valence-electron chi connectivity index (χ0n) is 13.4. The van der Waals surface area contributed by atoms with Gasteiger partial charge in [-0.1, -0.05) is 18.2 Å². The second-order valence-electron chi connectivity index (χ2n) is 5.40. The monoisotopic (exact) mass is 342 g/mol. The minimum atomic E-state index is -0.841. The van der Waals surface area contributed by atoms with Crippen molar-refractivity contribution in [3.63, 3.8) is 0 Å². The molecule has 25 heavy (non-hydrogen) atoms. The second-order valence-corrected chi connectivity index (χ2v) is 5.40. The molecule has 128 valence electrons. The fourth-order valence-electron chi connectivity index (χ4n) is 2.63. The summed E-state index contributed by atoms with van der Waals surface area (Å²) in [6.45, 7) is 2.02. The van der Waals surface area contributed by atoms with Gasteiger partial charge >= 0.3 is 11.5 Å². The van der Waals surface area contributed by atoms with Crippen molar-refractivity contribution in [3.05, 3.63) is 80.0 Å². The molecule has 7 heteroatoms. The minimum Gasteiger partial charge on any atom is -0.462 e. The Labute approximate surface area is 141 Å². The maximum absolute atomic E-state index is 13.1. The van der Waals surface area contributed by atoms with Crippen LogP contribution in [0.4, 0.5) is 4.39 Å². The summed E-state index contributed by atoms with van der Waals surface area (Å²) in [7, 11) is 0. The van der Waals surface area contributed by atoms with Crippen molar-refractivity contribution in [2.45, 2.75) is 13.5 Å². The number of fused-ring (bicyclic) bond motifs is 1. The van der Waals surface area contributed by atoms with Gasteiger partial charge in [0.2, 0.25) is 0 Å². The Balaban J connectivity index is 2.20. The van der Waals surface area contributed by atoms with E-state index < -0.39 is 17.0 Å². The number of carbonyl (C=O) groups excluding carboxylic acids is 1. The normalized spacial score (nSPS) is 10.8. The zero-order chi connectivity index (χ0) is 18.0. The van der Waals surface area contributed by atoms with E-state index in [9.17, 15) is 18.8 Å². The largest absolute Gasteiger partial charge is 0.462 e. The first kappa shape index (κ1) is 16.6. The molecule has 3 aromatic rings. The van der Waals surface area contributed by atoms with E-state index >= 15 is 0 Å². The molecule has 2 aromatic carbocycles. The van der Waals surface area contributed by atoms with Crippen LogP contribution in [0.5, 0.6) is 0 Å². The molecule has 0 unspecified atom stereocenters. The third-order valence-electron chi connectivity index (χ3n) is 3.75. The van der Waals surface area contributed by atoms with Crippen LogP contribution in [0, 0.1) is 5.82 Å². The number of esters is 1. The highest BCUT2D eigenvalue weighted by atomic mass is 19.1. The molecule has 1 N–H and O–H groups in total. The Morgan fingerprint density at radius 3 is 2.56 bits per heavy atom. The maximum Gasteiger partial charge on any atom is 0.338 e. The van der Waals surface area contributed by atoms with E-state index in [4.69, 9.17) is 4.74 Å². The van der Waals surface area contributed by atoms with E-state index in [1.54, 1.807) is 31.2 Å². The molecule has 0 saturated heterocycles. The molecular weight excluding hydrogens is 327 g/mol. The molecule has 0 atom stereocenters. The number of aromatic amines is 1. The molecule has 0 aliphatic carbocycles. The summed E-state index contributed by atoms with van der Waals surface area (Å²) in [4.78, 5) is 36.4. The quantitative estimate of drug-likeness (QED) is 0.581. The SMILES string of the molecule is CCOC(=O)c1cccc2c1c(=O)c(=O)[nH]n2Cc1ccc(F)cc1. The zero-order valence-corrected chi connectivity index (χ0v) is 13.4. The number of rotatable bonds is 4. The predicted molar refractivity (Wildman–Crippen MR) is 90.3 cm³/mol. The highest BCUT2D eigenvalue weighted by Gasteiger charge is 2.17. The lowest BCUT2D eigenvalue weighted by atomic mass is 10.1. The molecule has 0 spiro atoms. The lowest BCUT2D eigenvalue weighted by Crippen LogP contribution is -2.33. The van der Waals surface area contributed by atoms with Crippen LogP contribution >= 0.6 is 0 Å². The molecule has 1 heterocycles. The molecular formula is C18H15FN2O4. The van der Waals surface area contributed by atoms with E-state index in [1.165, 1.54) is 22.9 Å². The summed E-state index contributed by atoms with van der Waals surface area (Å²) in [6, 6.07) is 10.4. The number of halogens is 1. The molecule has 1 aromatic heterocycles. The number of benzene rings is 2. The topological polar surface area (TPSA) is 81.2 Å². The van der Waals surface area contributed by atoms with Crippen molar-refractivity contribution in [1.29, 1.82) is 0 Å². The van der Waals surface area contributed by atoms with Crippen LogP contribution in [0.1, 0.15) is 22.8 Å². The first-order valence-corrected chi connectivity index (χ1v) is 7.68. The van der Waals surface area contributed by atoms with E-state index in [0.29, 0.717) is 5.52 Å². The van der Waals surface area contributed by atoms with Crippen molar-refractivity contribution in [2.24, 2.45) is 0 Å². The number of nitrogens with one attached hydrogen (secondary N) is 1. The van der Waals surface area contributed by atoms with Gasteiger partial charge in [0.15, 0.2) is 0 Å². The van der Waals surface area contributed by atoms with Gasteiger partial charge in [0, 0.05) is 0 Å². The van der Waals surface area contributed by atoms with Gasteiger partial charge in [-0.25, -0.2) is 9.18 Å². The van der Waals surface area contributed by atoms with Gasteiger partial charge in [0.1, 0.15) is 5.82 Å². The van der Waals surface area contributed by atoms with Crippen molar-refractivity contribution < 1.29 is 13.9 Å². The molecule has 0 radical (unpaired) electrons. The summed E-state index contributed by atoms with van der Waals surface area (Å²) in [5.74, 6) is -1.03. The molecule has 3 rings (SSSR count). The van der Waals surface area contributed by atoms with Crippen LogP contribution in [0.2, 0.25) is 0 Å². The van der Waals surface area contributed by atoms with Crippen molar-refractivity contribution in [3.8, 4) is 0 Å². The fraction of sp³-hybridized carbons (Fsp3) is 0.167. The molecule has 0 saturated carbocycles. The van der Waals surface area contributed by atoms with E-state index in [0.717, 1.165) is 5.56 Å². The average Bonchev–Trinajstić information content (AvgIpc) is 2.61. The van der Waals surface area contributed by atoms with Crippen molar-refractivity contribution in [1.82, 2.24) is 9.78 Å². The Morgan fingerprint density at radius 1 is 1.16 bits per heavy atom. The average molecular weight is 342 g/mol. The minimum absolute atomic E-state index is 0.00631. The first-order valence-electron chi connectivity index (χ1n) is 7.68. The Hall–Kier alpha value is -3.22. The highest BCUT2D eigenvalue weighted by molar-refractivity contribution is 6.03. The lowest BCUT2D eigenvalue weighted by molar-refractivity contribution is 0.0528. The van der Waals surface area contributed by atoms with Gasteiger partial charge in [-0.3, -0.25) is 19.4 Å². The predicted octanol–water partition coefficient (Wildman–Crippen LogP) is 2.05. The summed E-state index contributed by atoms with van der Waals surface area (Å²) in [5.41, 5.74) is -0.480. The van der Waals surface area contributed by atoms with E-state index in [-0.39, 0.29) is 29.9 Å². The van der Waals surface area contributed by atoms with Crippen LogP contribution in [-0.2, 0) is 11.3 Å². The summed E-state index contributed by atoms with van der Waals surface area (Å²) in [6.07, 6.45) is 0. The van der Waals surface area contributed by atoms with Crippen LogP contribution < -0.4 is 11.0 Å². The van der Waals surface area contributed by atoms with Crippen molar-refractivity contribution in [2.75, 3.05) is 6.61 Å². The number of aromatic nitrogens is 2. The van der Waals surface area contributed by atoms with Crippen LogP contribution in [-0.4, -0.2) is 22.4 Å². The molecule has 0 fully saturated rings. The van der Waals surface area contributed by atoms with Crippen LogP contribution in [0.15, 0.2) is 52.1 Å². The number of hydrogen-bond acceptors (Lipinski definition) is 4. The third kappa shape index (κ3) is 3.21. The Morgan fingerprint density at radius 2 is 1.88 bits per heavy atom. The number of nitrogens with zero attached hydrogens (tertiary/aromatic N) is 1. The molecule has 6 nitrogen and oxygen atoms in total. The third-order valence-corrected chi connectivity index (χ3v) is 3.75. The van der Waals surface area contributed by atoms with Gasteiger partial charge in [0.05, 0.1) is 29.6 Å². The Bertz CT molecular complexity index is 1050. The number of hydrogen-bond donors (Lipinski definition) is 1. The van der Waals surface area contributed by atoms with E-state index in [1.807, 2.05) is 0 Å². The van der Waals surface area contributed by atoms with Crippen LogP contribution in [0.25, 0.3) is 10.9 Å².